The summed E-state index contributed by atoms with van der Waals surface area (Å²) in [5, 5.41) is 3.58. The number of likely N-dealkylation sites (N-methyl/N-ethyl adjacent to an activating group) is 1. The Morgan fingerprint density at radius 2 is 1.79 bits per heavy atom. The number of halogens is 1. The van der Waals surface area contributed by atoms with E-state index in [1.165, 1.54) is 5.56 Å². The van der Waals surface area contributed by atoms with Crippen LogP contribution in [-0.2, 0) is 0 Å². The lowest BCUT2D eigenvalue weighted by atomic mass is 9.65. The molecule has 1 fully saturated rings. The first-order chi connectivity index (χ1) is 10.7. The third-order valence-electron chi connectivity index (χ3n) is 5.61. The Bertz CT molecular complexity index is 552. The standard InChI is InChI=1S/C19H32N4.HI/c1-18(2)14-23(19(18,3)4)17(20-5)21-13-16(22(6)7)15-11-9-8-10-12-15;/h8-12,16H,13-14H2,1-7H3,(H,20,21);1H. The first-order valence-electron chi connectivity index (χ1n) is 8.40. The molecule has 1 aromatic carbocycles. The number of aliphatic imine (C=N–C) groups is 1. The van der Waals surface area contributed by atoms with Crippen LogP contribution in [0, 0.1) is 5.41 Å². The fourth-order valence-corrected chi connectivity index (χ4v) is 3.16. The average molecular weight is 444 g/mol. The molecule has 0 radical (unpaired) electrons. The molecule has 0 spiro atoms. The molecule has 0 amide bonds. The second-order valence-electron chi connectivity index (χ2n) is 7.85. The number of rotatable bonds is 4. The molecule has 0 bridgehead atoms. The van der Waals surface area contributed by atoms with E-state index in [4.69, 9.17) is 0 Å². The van der Waals surface area contributed by atoms with Crippen molar-refractivity contribution in [2.45, 2.75) is 39.3 Å². The van der Waals surface area contributed by atoms with E-state index < -0.39 is 0 Å². The minimum atomic E-state index is 0. The van der Waals surface area contributed by atoms with E-state index in [1.807, 2.05) is 7.05 Å². The summed E-state index contributed by atoms with van der Waals surface area (Å²) in [6.45, 7) is 11.1. The Morgan fingerprint density at radius 3 is 2.21 bits per heavy atom. The largest absolute Gasteiger partial charge is 0.354 e. The van der Waals surface area contributed by atoms with Gasteiger partial charge in [0.1, 0.15) is 0 Å². The van der Waals surface area contributed by atoms with Gasteiger partial charge in [-0.25, -0.2) is 0 Å². The first kappa shape index (κ1) is 21.2. The van der Waals surface area contributed by atoms with Gasteiger partial charge in [0.15, 0.2) is 5.96 Å². The van der Waals surface area contributed by atoms with Gasteiger partial charge in [0.25, 0.3) is 0 Å². The Balaban J connectivity index is 0.00000288. The minimum absolute atomic E-state index is 0. The van der Waals surface area contributed by atoms with E-state index in [1.54, 1.807) is 0 Å². The summed E-state index contributed by atoms with van der Waals surface area (Å²) in [6.07, 6.45) is 0. The molecular weight excluding hydrogens is 411 g/mol. The van der Waals surface area contributed by atoms with E-state index in [2.05, 4.69) is 92.2 Å². The summed E-state index contributed by atoms with van der Waals surface area (Å²) in [5.41, 5.74) is 1.75. The van der Waals surface area contributed by atoms with Crippen LogP contribution in [0.15, 0.2) is 35.3 Å². The number of likely N-dealkylation sites (tertiary alicyclic amines) is 1. The van der Waals surface area contributed by atoms with Crippen LogP contribution in [0.1, 0.15) is 39.3 Å². The second kappa shape index (κ2) is 8.04. The molecule has 1 heterocycles. The lowest BCUT2D eigenvalue weighted by molar-refractivity contribution is -0.0668. The van der Waals surface area contributed by atoms with Crippen molar-refractivity contribution in [1.82, 2.24) is 15.1 Å². The van der Waals surface area contributed by atoms with Gasteiger partial charge in [0.2, 0.25) is 0 Å². The molecule has 24 heavy (non-hydrogen) atoms. The van der Waals surface area contributed by atoms with Crippen LogP contribution in [-0.4, -0.2) is 55.5 Å². The molecular formula is C19H33IN4. The fourth-order valence-electron chi connectivity index (χ4n) is 3.16. The number of benzene rings is 1. The maximum atomic E-state index is 4.51. The number of guanidine groups is 1. The van der Waals surface area contributed by atoms with Crippen molar-refractivity contribution in [2.75, 3.05) is 34.2 Å². The predicted octanol–water partition coefficient (Wildman–Crippen LogP) is 3.60. The first-order valence-corrected chi connectivity index (χ1v) is 8.40. The second-order valence-corrected chi connectivity index (χ2v) is 7.85. The minimum Gasteiger partial charge on any atom is -0.354 e. The molecule has 1 aliphatic rings. The average Bonchev–Trinajstić information content (AvgIpc) is 2.50. The zero-order valence-corrected chi connectivity index (χ0v) is 18.5. The fraction of sp³-hybridized carbons (Fsp3) is 0.632. The van der Waals surface area contributed by atoms with Crippen LogP contribution < -0.4 is 5.32 Å². The quantitative estimate of drug-likeness (QED) is 0.438. The normalized spacial score (nSPS) is 20.2. The summed E-state index contributed by atoms with van der Waals surface area (Å²) < 4.78 is 0. The van der Waals surface area contributed by atoms with Crippen LogP contribution in [0.3, 0.4) is 0 Å². The molecule has 0 aliphatic carbocycles. The van der Waals surface area contributed by atoms with E-state index in [9.17, 15) is 0 Å². The molecule has 1 saturated heterocycles. The molecule has 2 rings (SSSR count). The molecule has 5 heteroatoms. The lowest BCUT2D eigenvalue weighted by Crippen LogP contribution is -2.72. The molecule has 0 saturated carbocycles. The summed E-state index contributed by atoms with van der Waals surface area (Å²) in [5.74, 6) is 0.997. The summed E-state index contributed by atoms with van der Waals surface area (Å²) in [4.78, 5) is 9.14. The topological polar surface area (TPSA) is 30.9 Å². The Labute approximate surface area is 164 Å². The van der Waals surface area contributed by atoms with Gasteiger partial charge in [-0.05, 0) is 33.5 Å². The van der Waals surface area contributed by atoms with E-state index in [-0.39, 0.29) is 29.5 Å². The highest BCUT2D eigenvalue weighted by Crippen LogP contribution is 2.46. The third-order valence-corrected chi connectivity index (χ3v) is 5.61. The molecule has 1 aromatic rings. The molecule has 0 aromatic heterocycles. The van der Waals surface area contributed by atoms with Crippen LogP contribution in [0.25, 0.3) is 0 Å². The van der Waals surface area contributed by atoms with Gasteiger partial charge in [0.05, 0.1) is 6.04 Å². The highest BCUT2D eigenvalue weighted by Gasteiger charge is 2.53. The van der Waals surface area contributed by atoms with E-state index >= 15 is 0 Å². The zero-order valence-electron chi connectivity index (χ0n) is 16.1. The van der Waals surface area contributed by atoms with Crippen LogP contribution >= 0.6 is 24.0 Å². The molecule has 1 aliphatic heterocycles. The van der Waals surface area contributed by atoms with Gasteiger partial charge < -0.3 is 15.1 Å². The summed E-state index contributed by atoms with van der Waals surface area (Å²) in [7, 11) is 6.12. The van der Waals surface area contributed by atoms with Gasteiger partial charge in [0, 0.05) is 31.1 Å². The van der Waals surface area contributed by atoms with Crippen molar-refractivity contribution in [2.24, 2.45) is 10.4 Å². The maximum absolute atomic E-state index is 4.51. The van der Waals surface area contributed by atoms with E-state index in [0.717, 1.165) is 19.0 Å². The van der Waals surface area contributed by atoms with E-state index in [0.29, 0.717) is 11.5 Å². The number of hydrogen-bond acceptors (Lipinski definition) is 2. The summed E-state index contributed by atoms with van der Waals surface area (Å²) in [6, 6.07) is 11.0. The highest BCUT2D eigenvalue weighted by molar-refractivity contribution is 14.0. The van der Waals surface area contributed by atoms with Crippen molar-refractivity contribution in [1.29, 1.82) is 0 Å². The Kier molecular flexibility index (Phi) is 7.11. The monoisotopic (exact) mass is 444 g/mol. The van der Waals surface area contributed by atoms with Gasteiger partial charge in [-0.3, -0.25) is 4.99 Å². The van der Waals surface area contributed by atoms with Crippen molar-refractivity contribution in [3.63, 3.8) is 0 Å². The van der Waals surface area contributed by atoms with Crippen LogP contribution in [0.5, 0.6) is 0 Å². The number of nitrogens with zero attached hydrogens (tertiary/aromatic N) is 3. The van der Waals surface area contributed by atoms with Gasteiger partial charge >= 0.3 is 0 Å². The van der Waals surface area contributed by atoms with Crippen LogP contribution in [0.4, 0.5) is 0 Å². The Hall–Kier alpha value is -0.820. The van der Waals surface area contributed by atoms with Crippen molar-refractivity contribution < 1.29 is 0 Å². The zero-order chi connectivity index (χ0) is 17.3. The van der Waals surface area contributed by atoms with Gasteiger partial charge in [-0.2, -0.15) is 0 Å². The molecule has 136 valence electrons. The van der Waals surface area contributed by atoms with Gasteiger partial charge in [-0.1, -0.05) is 44.2 Å². The van der Waals surface area contributed by atoms with Gasteiger partial charge in [-0.15, -0.1) is 24.0 Å². The van der Waals surface area contributed by atoms with Crippen molar-refractivity contribution >= 4 is 29.9 Å². The molecule has 1 N–H and O–H groups in total. The Morgan fingerprint density at radius 1 is 1.21 bits per heavy atom. The smallest absolute Gasteiger partial charge is 0.194 e. The third kappa shape index (κ3) is 4.04. The van der Waals surface area contributed by atoms with Crippen LogP contribution in [0.2, 0.25) is 0 Å². The summed E-state index contributed by atoms with van der Waals surface area (Å²) >= 11 is 0. The lowest BCUT2D eigenvalue weighted by Gasteiger charge is -2.62. The number of nitrogens with one attached hydrogen (secondary N) is 1. The SMILES string of the molecule is CN=C(NCC(c1ccccc1)N(C)C)N1CC(C)(C)C1(C)C.I. The maximum Gasteiger partial charge on any atom is 0.194 e. The highest BCUT2D eigenvalue weighted by atomic mass is 127. The predicted molar refractivity (Wildman–Crippen MR) is 114 cm³/mol. The van der Waals surface area contributed by atoms with Crippen molar-refractivity contribution in [3.8, 4) is 0 Å². The molecule has 1 unspecified atom stereocenters. The van der Waals surface area contributed by atoms with Crippen molar-refractivity contribution in [3.05, 3.63) is 35.9 Å². The molecule has 1 atom stereocenters. The number of hydrogen-bond donors (Lipinski definition) is 1. The molecule has 4 nitrogen and oxygen atoms in total.